The normalized spacial score (nSPS) is 27.8. The first-order valence-corrected chi connectivity index (χ1v) is 11.1. The van der Waals surface area contributed by atoms with E-state index in [1.807, 2.05) is 6.92 Å². The Bertz CT molecular complexity index is 1020. The van der Waals surface area contributed by atoms with Crippen LogP contribution in [0.4, 0.5) is 12.0 Å². The Balaban J connectivity index is 1.20. The van der Waals surface area contributed by atoms with Crippen molar-refractivity contribution in [3.63, 3.8) is 0 Å². The van der Waals surface area contributed by atoms with Crippen LogP contribution in [-0.2, 0) is 6.54 Å². The molecule has 4 atom stereocenters. The van der Waals surface area contributed by atoms with E-state index in [-0.39, 0.29) is 0 Å². The van der Waals surface area contributed by atoms with E-state index in [2.05, 4.69) is 55.4 Å². The smallest absolute Gasteiger partial charge is 0.324 e. The van der Waals surface area contributed by atoms with Crippen molar-refractivity contribution >= 4 is 12.0 Å². The lowest BCUT2D eigenvalue weighted by Crippen LogP contribution is -2.48. The van der Waals surface area contributed by atoms with E-state index in [1.54, 1.807) is 0 Å². The number of aryl methyl sites for hydroxylation is 2. The van der Waals surface area contributed by atoms with Crippen LogP contribution < -0.4 is 10.2 Å². The van der Waals surface area contributed by atoms with Crippen LogP contribution in [-0.4, -0.2) is 44.0 Å². The highest BCUT2D eigenvalue weighted by molar-refractivity contribution is 5.35. The molecule has 1 N–H and O–H groups in total. The monoisotopic (exact) mass is 405 g/mol. The van der Waals surface area contributed by atoms with Gasteiger partial charge in [0.25, 0.3) is 0 Å². The van der Waals surface area contributed by atoms with E-state index >= 15 is 0 Å². The van der Waals surface area contributed by atoms with Gasteiger partial charge in [-0.2, -0.15) is 9.97 Å². The zero-order chi connectivity index (χ0) is 20.1. The van der Waals surface area contributed by atoms with Crippen LogP contribution >= 0.6 is 0 Å². The molecule has 8 nitrogen and oxygen atoms in total. The number of piperidine rings is 1. The lowest BCUT2D eigenvalue weighted by Gasteiger charge is -2.37. The van der Waals surface area contributed by atoms with Gasteiger partial charge >= 0.3 is 6.01 Å². The van der Waals surface area contributed by atoms with E-state index in [4.69, 9.17) is 14.6 Å². The summed E-state index contributed by atoms with van der Waals surface area (Å²) in [4.78, 5) is 11.6. The van der Waals surface area contributed by atoms with E-state index < -0.39 is 0 Å². The topological polar surface area (TPSA) is 84.9 Å². The van der Waals surface area contributed by atoms with Crippen LogP contribution in [0.1, 0.15) is 48.8 Å². The molecule has 8 heteroatoms. The number of rotatable bonds is 4. The molecule has 2 unspecified atom stereocenters. The number of nitrogens with one attached hydrogen (secondary N) is 1. The molecule has 156 valence electrons. The summed E-state index contributed by atoms with van der Waals surface area (Å²) in [5, 5.41) is 12.5. The van der Waals surface area contributed by atoms with Gasteiger partial charge in [0.15, 0.2) is 5.82 Å². The minimum atomic E-state index is 0.335. The molecule has 1 saturated carbocycles. The summed E-state index contributed by atoms with van der Waals surface area (Å²) in [6, 6.07) is 11.8. The second-order valence-electron chi connectivity index (χ2n) is 8.92. The molecule has 6 rings (SSSR count). The number of nitrogens with zero attached hydrogens (tertiary/aromatic N) is 6. The zero-order valence-corrected chi connectivity index (χ0v) is 17.2. The lowest BCUT2D eigenvalue weighted by atomic mass is 9.91. The van der Waals surface area contributed by atoms with Crippen LogP contribution in [0.2, 0.25) is 0 Å². The lowest BCUT2D eigenvalue weighted by molar-refractivity contribution is 0.340. The fraction of sp³-hybridized carbons (Fsp3) is 0.545. The minimum Gasteiger partial charge on any atom is -0.350 e. The van der Waals surface area contributed by atoms with Crippen LogP contribution in [0.3, 0.4) is 0 Å². The SMILES string of the molecule is Cc1noc(N2C[C@H]3CC[C@@H](C2)C3Nc2nc3n(n2)CCCC3c2ccccc2)n1. The van der Waals surface area contributed by atoms with Gasteiger partial charge in [-0.05, 0) is 50.0 Å². The Hall–Kier alpha value is -2.90. The second kappa shape index (κ2) is 7.11. The first kappa shape index (κ1) is 17.9. The molecule has 2 fully saturated rings. The Kier molecular flexibility index (Phi) is 4.24. The molecule has 2 aromatic heterocycles. The molecule has 3 aliphatic rings. The van der Waals surface area contributed by atoms with Crippen molar-refractivity contribution in [3.8, 4) is 0 Å². The maximum absolute atomic E-state index is 5.41. The van der Waals surface area contributed by atoms with Crippen molar-refractivity contribution in [2.75, 3.05) is 23.3 Å². The van der Waals surface area contributed by atoms with Gasteiger partial charge in [-0.15, -0.1) is 5.10 Å². The number of fused-ring (bicyclic) bond motifs is 3. The molecule has 1 aliphatic carbocycles. The van der Waals surface area contributed by atoms with Gasteiger partial charge in [0.2, 0.25) is 5.95 Å². The largest absolute Gasteiger partial charge is 0.350 e. The average molecular weight is 406 g/mol. The number of anilines is 2. The quantitative estimate of drug-likeness (QED) is 0.713. The second-order valence-corrected chi connectivity index (χ2v) is 8.92. The molecule has 30 heavy (non-hydrogen) atoms. The Morgan fingerprint density at radius 3 is 2.57 bits per heavy atom. The molecule has 2 aliphatic heterocycles. The van der Waals surface area contributed by atoms with Crippen molar-refractivity contribution in [1.82, 2.24) is 24.9 Å². The molecular weight excluding hydrogens is 378 g/mol. The highest BCUT2D eigenvalue weighted by Gasteiger charge is 2.44. The van der Waals surface area contributed by atoms with Gasteiger partial charge < -0.3 is 14.7 Å². The van der Waals surface area contributed by atoms with E-state index in [9.17, 15) is 0 Å². The van der Waals surface area contributed by atoms with Crippen LogP contribution in [0.25, 0.3) is 0 Å². The summed E-state index contributed by atoms with van der Waals surface area (Å²) in [6.45, 7) is 4.70. The molecule has 0 amide bonds. The first-order valence-electron chi connectivity index (χ1n) is 11.1. The van der Waals surface area contributed by atoms with Crippen LogP contribution in [0.15, 0.2) is 34.9 Å². The van der Waals surface area contributed by atoms with Crippen molar-refractivity contribution in [2.45, 2.75) is 51.1 Å². The summed E-state index contributed by atoms with van der Waals surface area (Å²) < 4.78 is 7.52. The van der Waals surface area contributed by atoms with Crippen molar-refractivity contribution in [2.24, 2.45) is 11.8 Å². The van der Waals surface area contributed by atoms with Gasteiger partial charge in [-0.25, -0.2) is 4.68 Å². The van der Waals surface area contributed by atoms with Gasteiger partial charge in [-0.3, -0.25) is 0 Å². The number of hydrogen-bond donors (Lipinski definition) is 1. The Morgan fingerprint density at radius 1 is 1.03 bits per heavy atom. The van der Waals surface area contributed by atoms with Crippen molar-refractivity contribution in [1.29, 1.82) is 0 Å². The number of hydrogen-bond acceptors (Lipinski definition) is 7. The maximum Gasteiger partial charge on any atom is 0.324 e. The Morgan fingerprint density at radius 2 is 1.83 bits per heavy atom. The standard InChI is InChI=1S/C22H27N7O/c1-14-23-22(30-27-14)28-12-16-9-10-17(13-28)19(16)24-21-25-20-18(8-5-11-29(20)26-21)15-6-3-2-4-7-15/h2-4,6-7,16-19H,5,8-13H2,1H3,(H,24,26)/t16-,17+,18?,19?. The van der Waals surface area contributed by atoms with Crippen molar-refractivity contribution < 1.29 is 4.52 Å². The fourth-order valence-corrected chi connectivity index (χ4v) is 5.59. The third-order valence-corrected chi connectivity index (χ3v) is 6.99. The number of benzene rings is 1. The van der Waals surface area contributed by atoms with E-state index in [0.29, 0.717) is 35.6 Å². The molecule has 0 radical (unpaired) electrons. The summed E-state index contributed by atoms with van der Waals surface area (Å²) in [5.74, 6) is 4.00. The van der Waals surface area contributed by atoms with Crippen molar-refractivity contribution in [3.05, 3.63) is 47.5 Å². The molecular formula is C22H27N7O. The highest BCUT2D eigenvalue weighted by Crippen LogP contribution is 2.40. The molecule has 0 spiro atoms. The van der Waals surface area contributed by atoms with E-state index in [0.717, 1.165) is 44.2 Å². The average Bonchev–Trinajstić information content (AvgIpc) is 3.44. The summed E-state index contributed by atoms with van der Waals surface area (Å²) in [6.07, 6.45) is 4.70. The molecule has 3 aromatic rings. The molecule has 4 heterocycles. The maximum atomic E-state index is 5.41. The van der Waals surface area contributed by atoms with Gasteiger partial charge in [0, 0.05) is 31.6 Å². The predicted octanol–water partition coefficient (Wildman–Crippen LogP) is 3.22. The fourth-order valence-electron chi connectivity index (χ4n) is 5.59. The van der Waals surface area contributed by atoms with Gasteiger partial charge in [-0.1, -0.05) is 35.5 Å². The predicted molar refractivity (Wildman–Crippen MR) is 112 cm³/mol. The molecule has 2 bridgehead atoms. The summed E-state index contributed by atoms with van der Waals surface area (Å²) in [7, 11) is 0. The number of aromatic nitrogens is 5. The molecule has 1 saturated heterocycles. The third-order valence-electron chi connectivity index (χ3n) is 6.99. The van der Waals surface area contributed by atoms with Gasteiger partial charge in [0.05, 0.1) is 0 Å². The van der Waals surface area contributed by atoms with Crippen LogP contribution in [0.5, 0.6) is 0 Å². The molecule has 1 aromatic carbocycles. The van der Waals surface area contributed by atoms with E-state index in [1.165, 1.54) is 18.4 Å². The summed E-state index contributed by atoms with van der Waals surface area (Å²) >= 11 is 0. The Labute approximate surface area is 175 Å². The van der Waals surface area contributed by atoms with Crippen LogP contribution in [0, 0.1) is 18.8 Å². The van der Waals surface area contributed by atoms with Gasteiger partial charge in [0.1, 0.15) is 5.82 Å². The minimum absolute atomic E-state index is 0.335. The first-order chi connectivity index (χ1) is 14.7. The zero-order valence-electron chi connectivity index (χ0n) is 17.2. The highest BCUT2D eigenvalue weighted by atomic mass is 16.5. The summed E-state index contributed by atoms with van der Waals surface area (Å²) in [5.41, 5.74) is 1.33. The third kappa shape index (κ3) is 3.05.